The third-order valence-electron chi connectivity index (χ3n) is 6.23. The van der Waals surface area contributed by atoms with Gasteiger partial charge in [0.2, 0.25) is 0 Å². The van der Waals surface area contributed by atoms with Gasteiger partial charge in [0.1, 0.15) is 18.8 Å². The Kier molecular flexibility index (Phi) is 10.3. The first-order chi connectivity index (χ1) is 20.0. The van der Waals surface area contributed by atoms with Crippen LogP contribution in [-0.4, -0.2) is 64.9 Å². The van der Waals surface area contributed by atoms with Crippen molar-refractivity contribution in [3.05, 3.63) is 69.9 Å². The number of esters is 4. The summed E-state index contributed by atoms with van der Waals surface area (Å²) in [5.41, 5.74) is 2.07. The number of carbonyl (C=O) groups is 4. The summed E-state index contributed by atoms with van der Waals surface area (Å²) in [6.45, 7) is 4.46. The van der Waals surface area contributed by atoms with Crippen molar-refractivity contribution in [2.24, 2.45) is 0 Å². The minimum Gasteiger partial charge on any atom is -0.463 e. The topological polar surface area (TPSA) is 140 Å². The normalized spacial score (nSPS) is 21.7. The van der Waals surface area contributed by atoms with Gasteiger partial charge >= 0.3 is 23.9 Å². The van der Waals surface area contributed by atoms with Gasteiger partial charge in [-0.25, -0.2) is 0 Å². The third-order valence-corrected chi connectivity index (χ3v) is 7.71. The fourth-order valence-electron chi connectivity index (χ4n) is 4.63. The summed E-state index contributed by atoms with van der Waals surface area (Å²) in [6.07, 6.45) is -0.353. The number of carbonyl (C=O) groups excluding carboxylic acids is 4. The van der Waals surface area contributed by atoms with Crippen molar-refractivity contribution < 1.29 is 42.9 Å². The van der Waals surface area contributed by atoms with Crippen molar-refractivity contribution >= 4 is 46.8 Å². The van der Waals surface area contributed by atoms with Gasteiger partial charge in [-0.2, -0.15) is 0 Å². The van der Waals surface area contributed by atoms with Crippen molar-refractivity contribution in [3.63, 3.8) is 0 Å². The van der Waals surface area contributed by atoms with Crippen LogP contribution in [0.5, 0.6) is 0 Å². The van der Waals surface area contributed by atoms with Crippen molar-refractivity contribution in [2.75, 3.05) is 6.61 Å². The number of ether oxygens (including phenoxy) is 5. The van der Waals surface area contributed by atoms with Crippen LogP contribution in [0.3, 0.4) is 0 Å². The Balaban J connectivity index is 1.71. The van der Waals surface area contributed by atoms with Crippen LogP contribution >= 0.6 is 22.9 Å². The summed E-state index contributed by atoms with van der Waals surface area (Å²) in [5.74, 6) is -2.66. The average molecular weight is 617 g/mol. The average Bonchev–Trinajstić information content (AvgIpc) is 3.39. The lowest BCUT2D eigenvalue weighted by Gasteiger charge is -2.44. The first kappa shape index (κ1) is 31.1. The van der Waals surface area contributed by atoms with E-state index in [1.54, 1.807) is 42.1 Å². The van der Waals surface area contributed by atoms with Crippen LogP contribution in [0.15, 0.2) is 48.9 Å². The largest absolute Gasteiger partial charge is 0.463 e. The Morgan fingerprint density at radius 2 is 1.57 bits per heavy atom. The Morgan fingerprint density at radius 3 is 2.21 bits per heavy atom. The molecule has 11 nitrogen and oxygen atoms in total. The maximum absolute atomic E-state index is 12.2. The molecule has 0 bridgehead atoms. The molecule has 5 atom stereocenters. The first-order valence-corrected chi connectivity index (χ1v) is 14.1. The summed E-state index contributed by atoms with van der Waals surface area (Å²) < 4.78 is 28.1. The lowest BCUT2D eigenvalue weighted by atomic mass is 9.89. The first-order valence-electron chi connectivity index (χ1n) is 13.0. The highest BCUT2D eigenvalue weighted by atomic mass is 35.5. The van der Waals surface area contributed by atoms with Crippen LogP contribution in [-0.2, 0) is 49.3 Å². The molecule has 42 heavy (non-hydrogen) atoms. The minimum absolute atomic E-state index is 0.310. The lowest BCUT2D eigenvalue weighted by Crippen LogP contribution is -2.59. The zero-order valence-electron chi connectivity index (χ0n) is 23.3. The van der Waals surface area contributed by atoms with Crippen molar-refractivity contribution in [2.45, 2.75) is 64.6 Å². The third kappa shape index (κ3) is 7.90. The highest BCUT2D eigenvalue weighted by molar-refractivity contribution is 7.15. The molecule has 2 aromatic heterocycles. The molecule has 0 spiro atoms. The fourth-order valence-corrected chi connectivity index (χ4v) is 5.81. The predicted octanol–water partition coefficient (Wildman–Crippen LogP) is 4.25. The standard InChI is InChI=1S/C29H29ClN2O9S/c1-15(33)37-14-24-27(38-16(2)34)29(40-18(4)36)28(39-17(3)35)26(41-24)19-5-7-22(30)20(11-19)12-21-6-8-25(42-21)23-13-31-9-10-32-23/h5-11,13,24,26-29H,12,14H2,1-4H3/t24?,26?,27-,28+,29+/m1/s1. The summed E-state index contributed by atoms with van der Waals surface area (Å²) >= 11 is 8.14. The SMILES string of the molecule is CC(=O)OCC1OC(c2ccc(Cl)c(Cc3ccc(-c4cnccn4)s3)c2)[C@H](OC(C)=O)[C@@H](OC(C)=O)[C@@H]1OC(C)=O. The van der Waals surface area contributed by atoms with Gasteiger partial charge in [0.15, 0.2) is 18.3 Å². The van der Waals surface area contributed by atoms with Gasteiger partial charge in [-0.1, -0.05) is 23.7 Å². The summed E-state index contributed by atoms with van der Waals surface area (Å²) in [4.78, 5) is 58.4. The quantitative estimate of drug-likeness (QED) is 0.252. The van der Waals surface area contributed by atoms with E-state index in [1.807, 2.05) is 18.2 Å². The predicted molar refractivity (Wildman–Crippen MR) is 151 cm³/mol. The maximum atomic E-state index is 12.2. The van der Waals surface area contributed by atoms with Gasteiger partial charge in [0, 0.05) is 56.4 Å². The van der Waals surface area contributed by atoms with E-state index in [0.717, 1.165) is 21.0 Å². The summed E-state index contributed by atoms with van der Waals surface area (Å²) in [6, 6.07) is 9.14. The van der Waals surface area contributed by atoms with Crippen LogP contribution in [0.4, 0.5) is 0 Å². The Hall–Kier alpha value is -3.87. The molecule has 1 aliphatic heterocycles. The number of thiophene rings is 1. The number of nitrogens with zero attached hydrogens (tertiary/aromatic N) is 2. The molecule has 1 fully saturated rings. The van der Waals surface area contributed by atoms with Crippen molar-refractivity contribution in [1.82, 2.24) is 9.97 Å². The van der Waals surface area contributed by atoms with E-state index in [1.165, 1.54) is 27.7 Å². The molecule has 1 saturated heterocycles. The van der Waals surface area contributed by atoms with E-state index in [2.05, 4.69) is 9.97 Å². The molecule has 3 aromatic rings. The highest BCUT2D eigenvalue weighted by Gasteiger charge is 2.52. The number of halogens is 1. The molecule has 13 heteroatoms. The zero-order chi connectivity index (χ0) is 30.4. The second kappa shape index (κ2) is 13.9. The molecule has 3 heterocycles. The lowest BCUT2D eigenvalue weighted by molar-refractivity contribution is -0.254. The number of rotatable bonds is 9. The van der Waals surface area contributed by atoms with Gasteiger partial charge in [-0.3, -0.25) is 29.1 Å². The molecular formula is C29H29ClN2O9S. The minimum atomic E-state index is -1.26. The zero-order valence-corrected chi connectivity index (χ0v) is 24.8. The Labute approximate surface area is 251 Å². The molecule has 1 aliphatic rings. The van der Waals surface area contributed by atoms with Crippen LogP contribution in [0.1, 0.15) is 49.8 Å². The van der Waals surface area contributed by atoms with Crippen LogP contribution in [0, 0.1) is 0 Å². The van der Waals surface area contributed by atoms with Crippen LogP contribution < -0.4 is 0 Å². The molecule has 1 aromatic carbocycles. The van der Waals surface area contributed by atoms with Crippen LogP contribution in [0.25, 0.3) is 10.6 Å². The molecular weight excluding hydrogens is 588 g/mol. The smallest absolute Gasteiger partial charge is 0.303 e. The fraction of sp³-hybridized carbons (Fsp3) is 0.379. The number of benzene rings is 1. The van der Waals surface area contributed by atoms with E-state index in [9.17, 15) is 19.2 Å². The monoisotopic (exact) mass is 616 g/mol. The van der Waals surface area contributed by atoms with Crippen molar-refractivity contribution in [3.8, 4) is 10.6 Å². The highest BCUT2D eigenvalue weighted by Crippen LogP contribution is 2.39. The van der Waals surface area contributed by atoms with E-state index < -0.39 is 54.4 Å². The van der Waals surface area contributed by atoms with E-state index >= 15 is 0 Å². The van der Waals surface area contributed by atoms with Gasteiger partial charge in [0.25, 0.3) is 0 Å². The molecule has 0 amide bonds. The number of hydrogen-bond donors (Lipinski definition) is 0. The Bertz CT molecular complexity index is 1450. The van der Waals surface area contributed by atoms with Crippen LogP contribution in [0.2, 0.25) is 5.02 Å². The summed E-state index contributed by atoms with van der Waals surface area (Å²) in [5, 5.41) is 0.499. The van der Waals surface area contributed by atoms with E-state index in [4.69, 9.17) is 35.3 Å². The van der Waals surface area contributed by atoms with Crippen molar-refractivity contribution in [1.29, 1.82) is 0 Å². The second-order valence-electron chi connectivity index (χ2n) is 9.50. The Morgan fingerprint density at radius 1 is 0.881 bits per heavy atom. The van der Waals surface area contributed by atoms with E-state index in [-0.39, 0.29) is 6.61 Å². The molecule has 0 radical (unpaired) electrons. The van der Waals surface area contributed by atoms with Gasteiger partial charge in [-0.15, -0.1) is 11.3 Å². The number of aromatic nitrogens is 2. The van der Waals surface area contributed by atoms with E-state index in [0.29, 0.717) is 17.0 Å². The summed E-state index contributed by atoms with van der Waals surface area (Å²) in [7, 11) is 0. The molecule has 0 N–H and O–H groups in total. The molecule has 0 saturated carbocycles. The van der Waals surface area contributed by atoms with Gasteiger partial charge in [0.05, 0.1) is 16.8 Å². The molecule has 222 valence electrons. The van der Waals surface area contributed by atoms with Gasteiger partial charge < -0.3 is 23.7 Å². The molecule has 4 rings (SSSR count). The second-order valence-corrected chi connectivity index (χ2v) is 11.1. The maximum Gasteiger partial charge on any atom is 0.303 e. The van der Waals surface area contributed by atoms with Gasteiger partial charge in [-0.05, 0) is 29.3 Å². The molecule has 0 aliphatic carbocycles. The number of hydrogen-bond acceptors (Lipinski definition) is 12. The molecule has 2 unspecified atom stereocenters.